The monoisotopic (exact) mass is 362 g/mol. The Balaban J connectivity index is 1.93. The second-order valence-corrected chi connectivity index (χ2v) is 7.85. The van der Waals surface area contributed by atoms with Crippen LogP contribution in [0.3, 0.4) is 0 Å². The summed E-state index contributed by atoms with van der Waals surface area (Å²) in [6.45, 7) is 4.77. The third-order valence-corrected chi connectivity index (χ3v) is 4.96. The predicted octanol–water partition coefficient (Wildman–Crippen LogP) is 6.49. The van der Waals surface area contributed by atoms with E-state index in [0.717, 1.165) is 19.3 Å². The average molecular weight is 362 g/mol. The minimum Gasteiger partial charge on any atom is -0.395 e. The zero-order valence-corrected chi connectivity index (χ0v) is 15.9. The fourth-order valence-electron chi connectivity index (χ4n) is 2.30. The molecule has 0 unspecified atom stereocenters. The van der Waals surface area contributed by atoms with Gasteiger partial charge in [0.1, 0.15) is 11.5 Å². The van der Waals surface area contributed by atoms with Crippen molar-refractivity contribution >= 4 is 7.82 Å². The molecule has 0 aliphatic rings. The first-order valence-electron chi connectivity index (χ1n) is 8.81. The van der Waals surface area contributed by atoms with E-state index in [1.54, 1.807) is 24.3 Å². The number of rotatable bonds is 11. The molecule has 2 rings (SSSR count). The molecule has 0 bridgehead atoms. The van der Waals surface area contributed by atoms with Gasteiger partial charge in [0.2, 0.25) is 0 Å². The summed E-state index contributed by atoms with van der Waals surface area (Å²) in [5, 5.41) is 0. The van der Waals surface area contributed by atoms with Gasteiger partial charge in [-0.15, -0.1) is 0 Å². The molecule has 0 spiro atoms. The zero-order chi connectivity index (χ0) is 18.0. The fraction of sp³-hybridized carbons (Fsp3) is 0.400. The van der Waals surface area contributed by atoms with Gasteiger partial charge < -0.3 is 9.05 Å². The van der Waals surface area contributed by atoms with Gasteiger partial charge in [0.05, 0.1) is 6.61 Å². The molecular formula is C20H27O4P. The van der Waals surface area contributed by atoms with Crippen LogP contribution in [0.25, 0.3) is 0 Å². The summed E-state index contributed by atoms with van der Waals surface area (Å²) in [4.78, 5) is 0. The largest absolute Gasteiger partial charge is 0.587 e. The summed E-state index contributed by atoms with van der Waals surface area (Å²) >= 11 is 0. The van der Waals surface area contributed by atoms with Gasteiger partial charge in [-0.05, 0) is 36.6 Å². The molecule has 0 radical (unpaired) electrons. The van der Waals surface area contributed by atoms with Crippen molar-refractivity contribution in [1.29, 1.82) is 0 Å². The maximum atomic E-state index is 13.0. The minimum atomic E-state index is -3.73. The van der Waals surface area contributed by atoms with E-state index in [1.807, 2.05) is 36.4 Å². The van der Waals surface area contributed by atoms with Gasteiger partial charge in [0, 0.05) is 0 Å². The van der Waals surface area contributed by atoms with Gasteiger partial charge >= 0.3 is 7.82 Å². The van der Waals surface area contributed by atoms with Gasteiger partial charge in [-0.25, -0.2) is 4.57 Å². The highest BCUT2D eigenvalue weighted by Crippen LogP contribution is 2.49. The second-order valence-electron chi connectivity index (χ2n) is 6.33. The molecule has 136 valence electrons. The van der Waals surface area contributed by atoms with Crippen LogP contribution in [0.5, 0.6) is 11.5 Å². The molecule has 0 atom stereocenters. The summed E-state index contributed by atoms with van der Waals surface area (Å²) in [6.07, 6.45) is 4.20. The van der Waals surface area contributed by atoms with Crippen molar-refractivity contribution in [3.8, 4) is 11.5 Å². The molecule has 0 aliphatic carbocycles. The van der Waals surface area contributed by atoms with E-state index in [9.17, 15) is 4.57 Å². The molecular weight excluding hydrogens is 335 g/mol. The molecule has 0 amide bonds. The van der Waals surface area contributed by atoms with Crippen molar-refractivity contribution in [2.75, 3.05) is 6.61 Å². The van der Waals surface area contributed by atoms with Crippen molar-refractivity contribution < 1.29 is 18.1 Å². The van der Waals surface area contributed by atoms with Crippen molar-refractivity contribution in [3.05, 3.63) is 60.7 Å². The lowest BCUT2D eigenvalue weighted by Crippen LogP contribution is -2.06. The Morgan fingerprint density at radius 1 is 0.800 bits per heavy atom. The molecule has 2 aromatic carbocycles. The van der Waals surface area contributed by atoms with E-state index in [-0.39, 0.29) is 0 Å². The lowest BCUT2D eigenvalue weighted by molar-refractivity contribution is 0.205. The molecule has 4 nitrogen and oxygen atoms in total. The van der Waals surface area contributed by atoms with Gasteiger partial charge in [-0.1, -0.05) is 69.5 Å². The van der Waals surface area contributed by atoms with Crippen LogP contribution in [-0.4, -0.2) is 6.61 Å². The van der Waals surface area contributed by atoms with Crippen molar-refractivity contribution in [2.24, 2.45) is 5.92 Å². The lowest BCUT2D eigenvalue weighted by Gasteiger charge is -2.19. The first-order chi connectivity index (χ1) is 12.1. The fourth-order valence-corrected chi connectivity index (χ4v) is 3.56. The molecule has 0 saturated heterocycles. The topological polar surface area (TPSA) is 44.8 Å². The Bertz CT molecular complexity index is 598. The quantitative estimate of drug-likeness (QED) is 0.339. The van der Waals surface area contributed by atoms with Gasteiger partial charge in [-0.3, -0.25) is 4.52 Å². The molecule has 0 saturated carbocycles. The molecule has 5 heteroatoms. The number of benzene rings is 2. The Morgan fingerprint density at radius 3 is 1.80 bits per heavy atom. The number of phosphoric acid groups is 1. The molecule has 0 aliphatic heterocycles. The van der Waals surface area contributed by atoms with E-state index >= 15 is 0 Å². The predicted molar refractivity (Wildman–Crippen MR) is 101 cm³/mol. The highest BCUT2D eigenvalue weighted by atomic mass is 31.2. The Hall–Kier alpha value is -1.77. The third kappa shape index (κ3) is 7.76. The van der Waals surface area contributed by atoms with E-state index in [0.29, 0.717) is 24.0 Å². The first-order valence-corrected chi connectivity index (χ1v) is 10.3. The van der Waals surface area contributed by atoms with Crippen LogP contribution in [-0.2, 0) is 9.09 Å². The van der Waals surface area contributed by atoms with Crippen molar-refractivity contribution in [1.82, 2.24) is 0 Å². The number of hydrogen-bond acceptors (Lipinski definition) is 4. The Morgan fingerprint density at radius 2 is 1.32 bits per heavy atom. The van der Waals surface area contributed by atoms with Gasteiger partial charge in [-0.2, -0.15) is 0 Å². The highest BCUT2D eigenvalue weighted by molar-refractivity contribution is 7.49. The van der Waals surface area contributed by atoms with Crippen molar-refractivity contribution in [3.63, 3.8) is 0 Å². The standard InChI is InChI=1S/C20H27O4P/c1-18(2)12-6-5-11-17-22-25(21,23-19-13-7-3-8-14-19)24-20-15-9-4-10-16-20/h3-4,7-10,13-16,18H,5-6,11-12,17H2,1-2H3. The molecule has 2 aromatic rings. The maximum absolute atomic E-state index is 13.0. The number of phosphoric ester groups is 1. The number of hydrogen-bond donors (Lipinski definition) is 0. The molecule has 0 fully saturated rings. The van der Waals surface area contributed by atoms with E-state index in [4.69, 9.17) is 13.6 Å². The summed E-state index contributed by atoms with van der Waals surface area (Å²) < 4.78 is 29.7. The maximum Gasteiger partial charge on any atom is 0.587 e. The zero-order valence-electron chi connectivity index (χ0n) is 15.0. The molecule has 0 N–H and O–H groups in total. The number of unbranched alkanes of at least 4 members (excludes halogenated alkanes) is 2. The third-order valence-electron chi connectivity index (χ3n) is 3.60. The molecule has 25 heavy (non-hydrogen) atoms. The van der Waals surface area contributed by atoms with Crippen LogP contribution in [0.4, 0.5) is 0 Å². The van der Waals surface area contributed by atoms with Crippen LogP contribution in [0, 0.1) is 5.92 Å². The SMILES string of the molecule is CC(C)CCCCCOP(=O)(Oc1ccccc1)Oc1ccccc1. The van der Waals surface area contributed by atoms with Crippen LogP contribution in [0.1, 0.15) is 39.5 Å². The van der Waals surface area contributed by atoms with Gasteiger partial charge in [0.25, 0.3) is 0 Å². The summed E-state index contributed by atoms with van der Waals surface area (Å²) in [6, 6.07) is 17.9. The first kappa shape index (κ1) is 19.6. The molecule has 0 aromatic heterocycles. The summed E-state index contributed by atoms with van der Waals surface area (Å²) in [5.74, 6) is 1.62. The lowest BCUT2D eigenvalue weighted by atomic mass is 10.1. The van der Waals surface area contributed by atoms with Crippen LogP contribution in [0.2, 0.25) is 0 Å². The van der Waals surface area contributed by atoms with Gasteiger partial charge in [0.15, 0.2) is 0 Å². The normalized spacial score (nSPS) is 11.5. The Kier molecular flexibility index (Phi) is 8.03. The second kappa shape index (κ2) is 10.3. The van der Waals surface area contributed by atoms with Crippen LogP contribution < -0.4 is 9.05 Å². The smallest absolute Gasteiger partial charge is 0.395 e. The molecule has 0 heterocycles. The average Bonchev–Trinajstić information content (AvgIpc) is 2.59. The van der Waals surface area contributed by atoms with Crippen LogP contribution in [0.15, 0.2) is 60.7 Å². The minimum absolute atomic E-state index is 0.342. The van der Waals surface area contributed by atoms with Crippen LogP contribution >= 0.6 is 7.82 Å². The Labute approximate surface area is 150 Å². The summed E-state index contributed by atoms with van der Waals surface area (Å²) in [5.41, 5.74) is 0. The van der Waals surface area contributed by atoms with E-state index < -0.39 is 7.82 Å². The highest BCUT2D eigenvalue weighted by Gasteiger charge is 2.30. The van der Waals surface area contributed by atoms with E-state index in [2.05, 4.69) is 13.8 Å². The summed E-state index contributed by atoms with van der Waals surface area (Å²) in [7, 11) is -3.73. The van der Waals surface area contributed by atoms with Crippen molar-refractivity contribution in [2.45, 2.75) is 39.5 Å². The van der Waals surface area contributed by atoms with E-state index in [1.165, 1.54) is 6.42 Å². The number of para-hydroxylation sites is 2.